The molecular formula is C34H42Cl2N6O5S. The van der Waals surface area contributed by atoms with E-state index in [4.69, 9.17) is 34.1 Å². The molecule has 1 aliphatic rings. The SMILES string of the molecule is Cc1c(Cl)ccc(S(=O)(=O)N(CCc2ccccc2)CC(=O)NCC(=O)N(CCCN2CCCC2)Cc2ccc(C(N)=NO)cc2)c1Cl. The number of nitrogens with one attached hydrogen (secondary N) is 1. The van der Waals surface area contributed by atoms with E-state index in [0.717, 1.165) is 41.5 Å². The number of sulfonamides is 1. The number of rotatable bonds is 16. The maximum Gasteiger partial charge on any atom is 0.245 e. The number of oxime groups is 1. The lowest BCUT2D eigenvalue weighted by Gasteiger charge is -2.25. The van der Waals surface area contributed by atoms with Gasteiger partial charge in [-0.05, 0) is 81.1 Å². The van der Waals surface area contributed by atoms with E-state index in [1.807, 2.05) is 30.3 Å². The van der Waals surface area contributed by atoms with Crippen molar-refractivity contribution in [3.05, 3.63) is 99.0 Å². The maximum absolute atomic E-state index is 13.8. The Hall–Kier alpha value is -3.68. The van der Waals surface area contributed by atoms with Crippen molar-refractivity contribution in [1.82, 2.24) is 19.4 Å². The lowest BCUT2D eigenvalue weighted by atomic mass is 10.1. The van der Waals surface area contributed by atoms with Gasteiger partial charge in [-0.15, -0.1) is 0 Å². The zero-order valence-electron chi connectivity index (χ0n) is 26.9. The van der Waals surface area contributed by atoms with Gasteiger partial charge >= 0.3 is 0 Å². The molecular weight excluding hydrogens is 675 g/mol. The van der Waals surface area contributed by atoms with Gasteiger partial charge in [-0.2, -0.15) is 4.31 Å². The second kappa shape index (κ2) is 17.6. The number of halogens is 2. The Bertz CT molecular complexity index is 1680. The molecule has 11 nitrogen and oxygen atoms in total. The van der Waals surface area contributed by atoms with Crippen molar-refractivity contribution in [2.75, 3.05) is 45.8 Å². The van der Waals surface area contributed by atoms with Crippen LogP contribution in [0.5, 0.6) is 0 Å². The van der Waals surface area contributed by atoms with Gasteiger partial charge in [0.15, 0.2) is 5.84 Å². The first-order valence-corrected chi connectivity index (χ1v) is 18.0. The van der Waals surface area contributed by atoms with E-state index in [1.165, 1.54) is 25.0 Å². The Balaban J connectivity index is 1.46. The first-order chi connectivity index (χ1) is 23.0. The monoisotopic (exact) mass is 716 g/mol. The number of carbonyl (C=O) groups excluding carboxylic acids is 2. The van der Waals surface area contributed by atoms with Crippen molar-refractivity contribution in [2.24, 2.45) is 10.9 Å². The van der Waals surface area contributed by atoms with Gasteiger partial charge in [-0.25, -0.2) is 8.42 Å². The number of nitrogens with two attached hydrogens (primary N) is 1. The van der Waals surface area contributed by atoms with Crippen LogP contribution >= 0.6 is 23.2 Å². The van der Waals surface area contributed by atoms with Gasteiger partial charge < -0.3 is 26.1 Å². The minimum atomic E-state index is -4.21. The summed E-state index contributed by atoms with van der Waals surface area (Å²) in [6.45, 7) is 4.53. The summed E-state index contributed by atoms with van der Waals surface area (Å²) in [5.41, 5.74) is 8.38. The molecule has 1 fully saturated rings. The Labute approximate surface area is 292 Å². The highest BCUT2D eigenvalue weighted by Crippen LogP contribution is 2.32. The molecule has 0 atom stereocenters. The van der Waals surface area contributed by atoms with Crippen molar-refractivity contribution >= 4 is 50.9 Å². The van der Waals surface area contributed by atoms with Gasteiger partial charge in [0.1, 0.15) is 4.90 Å². The van der Waals surface area contributed by atoms with Crippen molar-refractivity contribution in [1.29, 1.82) is 0 Å². The quantitative estimate of drug-likeness (QED) is 0.0868. The van der Waals surface area contributed by atoms with Crippen LogP contribution in [-0.4, -0.2) is 91.2 Å². The molecule has 0 radical (unpaired) electrons. The normalized spacial score (nSPS) is 14.0. The molecule has 4 N–H and O–H groups in total. The van der Waals surface area contributed by atoms with E-state index in [2.05, 4.69) is 15.4 Å². The molecule has 2 amide bonds. The minimum Gasteiger partial charge on any atom is -0.409 e. The summed E-state index contributed by atoms with van der Waals surface area (Å²) in [5, 5.41) is 14.9. The fourth-order valence-corrected chi connectivity index (χ4v) is 7.68. The predicted molar refractivity (Wildman–Crippen MR) is 188 cm³/mol. The third kappa shape index (κ3) is 10.2. The predicted octanol–water partition coefficient (Wildman–Crippen LogP) is 4.26. The van der Waals surface area contributed by atoms with E-state index in [-0.39, 0.29) is 41.3 Å². The molecule has 48 heavy (non-hydrogen) atoms. The topological polar surface area (TPSA) is 149 Å². The summed E-state index contributed by atoms with van der Waals surface area (Å²) in [7, 11) is -4.21. The van der Waals surface area contributed by atoms with Crippen LogP contribution in [0.1, 0.15) is 41.5 Å². The number of amides is 2. The average Bonchev–Trinajstić information content (AvgIpc) is 3.61. The average molecular weight is 718 g/mol. The van der Waals surface area contributed by atoms with Gasteiger partial charge in [0, 0.05) is 30.2 Å². The Morgan fingerprint density at radius 1 is 0.979 bits per heavy atom. The zero-order chi connectivity index (χ0) is 34.7. The van der Waals surface area contributed by atoms with Gasteiger partial charge in [0.05, 0.1) is 18.1 Å². The smallest absolute Gasteiger partial charge is 0.245 e. The Kier molecular flexibility index (Phi) is 13.7. The number of nitrogens with zero attached hydrogens (tertiary/aromatic N) is 4. The van der Waals surface area contributed by atoms with Crippen LogP contribution in [0.15, 0.2) is 76.8 Å². The van der Waals surface area contributed by atoms with Crippen LogP contribution in [-0.2, 0) is 32.6 Å². The molecule has 1 saturated heterocycles. The first-order valence-electron chi connectivity index (χ1n) is 15.8. The lowest BCUT2D eigenvalue weighted by Crippen LogP contribution is -2.45. The molecule has 0 unspecified atom stereocenters. The number of benzene rings is 3. The van der Waals surface area contributed by atoms with E-state index in [1.54, 1.807) is 36.1 Å². The summed E-state index contributed by atoms with van der Waals surface area (Å²) in [6, 6.07) is 19.1. The standard InChI is InChI=1S/C34H42Cl2N6O5S/c1-25-29(35)14-15-30(33(25)36)48(46,47)42(21-16-26-8-3-2-4-9-26)24-31(43)38-22-32(44)41(20-7-19-40-17-5-6-18-40)23-27-10-12-28(13-11-27)34(37)39-45/h2-4,8-15,45H,5-7,16-24H2,1H3,(H2,37,39)(H,38,43). The van der Waals surface area contributed by atoms with Gasteiger partial charge in [0.25, 0.3) is 0 Å². The zero-order valence-corrected chi connectivity index (χ0v) is 29.3. The first kappa shape index (κ1) is 37.1. The molecule has 1 heterocycles. The number of likely N-dealkylation sites (tertiary alicyclic amines) is 1. The number of carbonyl (C=O) groups is 2. The number of amidine groups is 1. The van der Waals surface area contributed by atoms with Crippen LogP contribution < -0.4 is 11.1 Å². The highest BCUT2D eigenvalue weighted by atomic mass is 35.5. The molecule has 4 rings (SSSR count). The van der Waals surface area contributed by atoms with Crippen LogP contribution in [0, 0.1) is 6.92 Å². The van der Waals surface area contributed by atoms with Crippen LogP contribution in [0.3, 0.4) is 0 Å². The molecule has 0 spiro atoms. The molecule has 3 aromatic rings. The largest absolute Gasteiger partial charge is 0.409 e. The Morgan fingerprint density at radius 2 is 1.67 bits per heavy atom. The summed E-state index contributed by atoms with van der Waals surface area (Å²) in [5.74, 6) is -0.946. The summed E-state index contributed by atoms with van der Waals surface area (Å²) < 4.78 is 28.8. The van der Waals surface area contributed by atoms with E-state index in [9.17, 15) is 18.0 Å². The summed E-state index contributed by atoms with van der Waals surface area (Å²) in [4.78, 5) is 30.7. The molecule has 1 aliphatic heterocycles. The summed E-state index contributed by atoms with van der Waals surface area (Å²) >= 11 is 12.6. The van der Waals surface area contributed by atoms with E-state index in [0.29, 0.717) is 29.1 Å². The fourth-order valence-electron chi connectivity index (χ4n) is 5.50. The van der Waals surface area contributed by atoms with Crippen LogP contribution in [0.4, 0.5) is 0 Å². The minimum absolute atomic E-state index is 0.00765. The Morgan fingerprint density at radius 3 is 2.33 bits per heavy atom. The fraction of sp³-hybridized carbons (Fsp3) is 0.382. The number of hydrogen-bond donors (Lipinski definition) is 3. The molecule has 0 aliphatic carbocycles. The van der Waals surface area contributed by atoms with E-state index < -0.39 is 22.5 Å². The molecule has 258 valence electrons. The summed E-state index contributed by atoms with van der Waals surface area (Å²) in [6.07, 6.45) is 3.46. The van der Waals surface area contributed by atoms with Crippen molar-refractivity contribution in [3.8, 4) is 0 Å². The van der Waals surface area contributed by atoms with Crippen molar-refractivity contribution in [2.45, 2.75) is 44.0 Å². The van der Waals surface area contributed by atoms with Crippen molar-refractivity contribution in [3.63, 3.8) is 0 Å². The third-order valence-electron chi connectivity index (χ3n) is 8.34. The van der Waals surface area contributed by atoms with Crippen molar-refractivity contribution < 1.29 is 23.2 Å². The molecule has 0 bridgehead atoms. The van der Waals surface area contributed by atoms with Crippen LogP contribution in [0.2, 0.25) is 10.0 Å². The van der Waals surface area contributed by atoms with Gasteiger partial charge in [0.2, 0.25) is 21.8 Å². The second-order valence-electron chi connectivity index (χ2n) is 11.7. The molecule has 0 saturated carbocycles. The molecule has 3 aromatic carbocycles. The molecule has 14 heteroatoms. The number of hydrogen-bond acceptors (Lipinski definition) is 7. The van der Waals surface area contributed by atoms with Crippen LogP contribution in [0.25, 0.3) is 0 Å². The highest BCUT2D eigenvalue weighted by Gasteiger charge is 2.30. The lowest BCUT2D eigenvalue weighted by molar-refractivity contribution is -0.133. The van der Waals surface area contributed by atoms with E-state index >= 15 is 0 Å². The molecule has 0 aromatic heterocycles. The maximum atomic E-state index is 13.8. The van der Waals surface area contributed by atoms with Gasteiger partial charge in [-0.3, -0.25) is 9.59 Å². The third-order valence-corrected chi connectivity index (χ3v) is 11.2. The highest BCUT2D eigenvalue weighted by molar-refractivity contribution is 7.89. The second-order valence-corrected chi connectivity index (χ2v) is 14.4. The van der Waals surface area contributed by atoms with Gasteiger partial charge in [-0.1, -0.05) is 83.0 Å².